The summed E-state index contributed by atoms with van der Waals surface area (Å²) in [7, 11) is 0. The Bertz CT molecular complexity index is 417. The van der Waals surface area contributed by atoms with Gasteiger partial charge in [0.2, 0.25) is 0 Å². The summed E-state index contributed by atoms with van der Waals surface area (Å²) in [6.45, 7) is 0. The highest BCUT2D eigenvalue weighted by molar-refractivity contribution is 5.22. The summed E-state index contributed by atoms with van der Waals surface area (Å²) in [6, 6.07) is 4.25. The molecular formula is C16H23NO. The summed E-state index contributed by atoms with van der Waals surface area (Å²) < 4.78 is 0. The first-order valence-corrected chi connectivity index (χ1v) is 7.43. The van der Waals surface area contributed by atoms with Crippen molar-refractivity contribution in [1.82, 2.24) is 4.98 Å². The number of fused-ring (bicyclic) bond motifs is 2. The van der Waals surface area contributed by atoms with Crippen LogP contribution < -0.4 is 0 Å². The zero-order valence-corrected chi connectivity index (χ0v) is 11.1. The Morgan fingerprint density at radius 1 is 1.17 bits per heavy atom. The zero-order chi connectivity index (χ0) is 12.4. The average Bonchev–Trinajstić information content (AvgIpc) is 2.45. The van der Waals surface area contributed by atoms with Crippen molar-refractivity contribution in [3.8, 4) is 0 Å². The van der Waals surface area contributed by atoms with E-state index in [0.29, 0.717) is 5.92 Å². The SMILES string of the molecule is O[C@]12CCCCc3ncccc3C[C@@H]1CCCC2. The van der Waals surface area contributed by atoms with Gasteiger partial charge in [-0.05, 0) is 56.1 Å². The highest BCUT2D eigenvalue weighted by atomic mass is 16.3. The molecule has 1 fully saturated rings. The summed E-state index contributed by atoms with van der Waals surface area (Å²) >= 11 is 0. The van der Waals surface area contributed by atoms with Gasteiger partial charge in [-0.1, -0.05) is 25.3 Å². The maximum Gasteiger partial charge on any atom is 0.0679 e. The van der Waals surface area contributed by atoms with E-state index < -0.39 is 5.60 Å². The molecule has 0 bridgehead atoms. The molecule has 1 aromatic rings. The molecule has 0 spiro atoms. The van der Waals surface area contributed by atoms with Crippen LogP contribution in [-0.4, -0.2) is 15.7 Å². The van der Waals surface area contributed by atoms with Gasteiger partial charge in [-0.3, -0.25) is 4.98 Å². The van der Waals surface area contributed by atoms with Crippen molar-refractivity contribution in [3.05, 3.63) is 29.6 Å². The fourth-order valence-electron chi connectivity index (χ4n) is 3.79. The van der Waals surface area contributed by atoms with Gasteiger partial charge in [0.15, 0.2) is 0 Å². The Kier molecular flexibility index (Phi) is 3.38. The molecule has 1 heterocycles. The molecule has 0 amide bonds. The zero-order valence-electron chi connectivity index (χ0n) is 11.1. The third kappa shape index (κ3) is 2.31. The lowest BCUT2D eigenvalue weighted by Gasteiger charge is -2.40. The standard InChI is InChI=1S/C16H23NO/c18-16-9-3-1-7-14(16)12-13-6-5-11-17-15(13)8-2-4-10-16/h5-6,11,14,18H,1-4,7-10,12H2/t14-,16+/m0/s1. The molecule has 0 aromatic carbocycles. The van der Waals surface area contributed by atoms with Gasteiger partial charge in [-0.15, -0.1) is 0 Å². The van der Waals surface area contributed by atoms with E-state index in [4.69, 9.17) is 0 Å². The maximum atomic E-state index is 10.9. The van der Waals surface area contributed by atoms with Gasteiger partial charge in [-0.25, -0.2) is 0 Å². The molecule has 18 heavy (non-hydrogen) atoms. The molecule has 1 aromatic heterocycles. The Morgan fingerprint density at radius 2 is 2.00 bits per heavy atom. The molecule has 0 aliphatic heterocycles. The number of aliphatic hydroxyl groups is 1. The van der Waals surface area contributed by atoms with Gasteiger partial charge >= 0.3 is 0 Å². The third-order valence-electron chi connectivity index (χ3n) is 4.90. The molecule has 0 unspecified atom stereocenters. The van der Waals surface area contributed by atoms with Gasteiger partial charge in [0.1, 0.15) is 0 Å². The smallest absolute Gasteiger partial charge is 0.0679 e. The van der Waals surface area contributed by atoms with Crippen LogP contribution >= 0.6 is 0 Å². The van der Waals surface area contributed by atoms with Crippen molar-refractivity contribution >= 4 is 0 Å². The second-order valence-electron chi connectivity index (χ2n) is 6.07. The Morgan fingerprint density at radius 3 is 2.89 bits per heavy atom. The van der Waals surface area contributed by atoms with Crippen molar-refractivity contribution in [2.24, 2.45) is 5.92 Å². The highest BCUT2D eigenvalue weighted by Crippen LogP contribution is 2.40. The van der Waals surface area contributed by atoms with Gasteiger partial charge < -0.3 is 5.11 Å². The molecule has 3 rings (SSSR count). The molecule has 2 aliphatic carbocycles. The van der Waals surface area contributed by atoms with Crippen LogP contribution in [0.25, 0.3) is 0 Å². The molecule has 98 valence electrons. The van der Waals surface area contributed by atoms with Crippen LogP contribution in [0.1, 0.15) is 56.2 Å². The van der Waals surface area contributed by atoms with Crippen molar-refractivity contribution in [2.45, 2.75) is 63.4 Å². The first kappa shape index (κ1) is 12.2. The van der Waals surface area contributed by atoms with Crippen LogP contribution in [-0.2, 0) is 12.8 Å². The molecule has 2 aliphatic rings. The van der Waals surface area contributed by atoms with E-state index in [2.05, 4.69) is 11.1 Å². The predicted octanol–water partition coefficient (Wildman–Crippen LogP) is 3.27. The maximum absolute atomic E-state index is 10.9. The van der Waals surface area contributed by atoms with E-state index in [1.54, 1.807) is 0 Å². The monoisotopic (exact) mass is 245 g/mol. The van der Waals surface area contributed by atoms with Crippen LogP contribution in [0.4, 0.5) is 0 Å². The van der Waals surface area contributed by atoms with Gasteiger partial charge in [0.25, 0.3) is 0 Å². The van der Waals surface area contributed by atoms with Crippen molar-refractivity contribution in [3.63, 3.8) is 0 Å². The average molecular weight is 245 g/mol. The topological polar surface area (TPSA) is 33.1 Å². The highest BCUT2D eigenvalue weighted by Gasteiger charge is 2.38. The van der Waals surface area contributed by atoms with E-state index in [9.17, 15) is 5.11 Å². The van der Waals surface area contributed by atoms with Crippen LogP contribution in [0.15, 0.2) is 18.3 Å². The largest absolute Gasteiger partial charge is 0.390 e. The van der Waals surface area contributed by atoms with Crippen LogP contribution in [0.2, 0.25) is 0 Å². The second-order valence-corrected chi connectivity index (χ2v) is 6.07. The van der Waals surface area contributed by atoms with E-state index in [0.717, 1.165) is 32.1 Å². The minimum Gasteiger partial charge on any atom is -0.390 e. The summed E-state index contributed by atoms with van der Waals surface area (Å²) in [6.07, 6.45) is 12.0. The minimum absolute atomic E-state index is 0.393. The van der Waals surface area contributed by atoms with Crippen LogP contribution in [0.5, 0.6) is 0 Å². The first-order chi connectivity index (χ1) is 8.78. The molecule has 2 heteroatoms. The summed E-state index contributed by atoms with van der Waals surface area (Å²) in [4.78, 5) is 4.54. The summed E-state index contributed by atoms with van der Waals surface area (Å²) in [5.41, 5.74) is 2.26. The van der Waals surface area contributed by atoms with E-state index >= 15 is 0 Å². The predicted molar refractivity (Wildman–Crippen MR) is 72.4 cm³/mol. The summed E-state index contributed by atoms with van der Waals surface area (Å²) in [5.74, 6) is 0.451. The second kappa shape index (κ2) is 5.00. The van der Waals surface area contributed by atoms with Gasteiger partial charge in [-0.2, -0.15) is 0 Å². The molecule has 2 atom stereocenters. The third-order valence-corrected chi connectivity index (χ3v) is 4.90. The number of nitrogens with zero attached hydrogens (tertiary/aromatic N) is 1. The van der Waals surface area contributed by atoms with Crippen LogP contribution in [0, 0.1) is 5.92 Å². The molecule has 2 nitrogen and oxygen atoms in total. The van der Waals surface area contributed by atoms with Gasteiger partial charge in [0.05, 0.1) is 5.60 Å². The first-order valence-electron chi connectivity index (χ1n) is 7.43. The Balaban J connectivity index is 1.91. The van der Waals surface area contributed by atoms with E-state index in [1.807, 2.05) is 12.3 Å². The van der Waals surface area contributed by atoms with Gasteiger partial charge in [0, 0.05) is 11.9 Å². The number of rotatable bonds is 0. The number of aromatic nitrogens is 1. The van der Waals surface area contributed by atoms with E-state index in [-0.39, 0.29) is 0 Å². The Labute approximate surface area is 109 Å². The molecule has 1 N–H and O–H groups in total. The lowest BCUT2D eigenvalue weighted by molar-refractivity contribution is -0.0558. The fraction of sp³-hybridized carbons (Fsp3) is 0.688. The van der Waals surface area contributed by atoms with Crippen molar-refractivity contribution < 1.29 is 5.11 Å². The number of hydrogen-bond acceptors (Lipinski definition) is 2. The lowest BCUT2D eigenvalue weighted by Crippen LogP contribution is -2.41. The number of pyridine rings is 1. The minimum atomic E-state index is -0.393. The Hall–Kier alpha value is -0.890. The van der Waals surface area contributed by atoms with Crippen molar-refractivity contribution in [2.75, 3.05) is 0 Å². The molecule has 1 saturated carbocycles. The van der Waals surface area contributed by atoms with E-state index in [1.165, 1.54) is 36.9 Å². The lowest BCUT2D eigenvalue weighted by atomic mass is 9.71. The molecule has 0 radical (unpaired) electrons. The fourth-order valence-corrected chi connectivity index (χ4v) is 3.79. The molecule has 0 saturated heterocycles. The quantitative estimate of drug-likeness (QED) is 0.761. The molecular weight excluding hydrogens is 222 g/mol. The summed E-state index contributed by atoms with van der Waals surface area (Å²) in [5, 5.41) is 10.9. The number of hydrogen-bond donors (Lipinski definition) is 1. The normalized spacial score (nSPS) is 32.6. The van der Waals surface area contributed by atoms with Crippen molar-refractivity contribution in [1.29, 1.82) is 0 Å². The number of aryl methyl sites for hydroxylation is 1. The van der Waals surface area contributed by atoms with Crippen LogP contribution in [0.3, 0.4) is 0 Å².